The van der Waals surface area contributed by atoms with Gasteiger partial charge in [0.2, 0.25) is 0 Å². The van der Waals surface area contributed by atoms with Crippen molar-refractivity contribution in [1.29, 1.82) is 0 Å². The van der Waals surface area contributed by atoms with E-state index in [0.29, 0.717) is 11.8 Å². The summed E-state index contributed by atoms with van der Waals surface area (Å²) in [6, 6.07) is 10.6. The van der Waals surface area contributed by atoms with Crippen LogP contribution in [-0.2, 0) is 0 Å². The fourth-order valence-corrected chi connectivity index (χ4v) is 4.34. The number of rotatable bonds is 2. The maximum absolute atomic E-state index is 4.96. The van der Waals surface area contributed by atoms with Crippen LogP contribution in [0.3, 0.4) is 0 Å². The monoisotopic (exact) mass is 348 g/mol. The van der Waals surface area contributed by atoms with Crippen LogP contribution in [-0.4, -0.2) is 27.7 Å². The largest absolute Gasteiger partial charge is 0.356 e. The van der Waals surface area contributed by atoms with Crippen molar-refractivity contribution in [3.8, 4) is 11.3 Å². The van der Waals surface area contributed by atoms with E-state index in [-0.39, 0.29) is 0 Å². The molecule has 2 atom stereocenters. The highest BCUT2D eigenvalue weighted by molar-refractivity contribution is 5.67. The van der Waals surface area contributed by atoms with E-state index >= 15 is 0 Å². The van der Waals surface area contributed by atoms with Gasteiger partial charge in [-0.1, -0.05) is 37.6 Å². The molecule has 136 valence electrons. The van der Waals surface area contributed by atoms with Gasteiger partial charge in [0, 0.05) is 36.0 Å². The Bertz CT molecular complexity index is 946. The Hall–Kier alpha value is -2.36. The number of hydrogen-bond acceptors (Lipinski definition) is 3. The van der Waals surface area contributed by atoms with E-state index in [9.17, 15) is 0 Å². The average molecular weight is 348 g/mol. The molecule has 4 nitrogen and oxygen atoms in total. The Morgan fingerprint density at radius 1 is 1.00 bits per heavy atom. The summed E-state index contributed by atoms with van der Waals surface area (Å²) in [6.07, 6.45) is 1.30. The number of piperidine rings is 1. The van der Waals surface area contributed by atoms with Crippen LogP contribution in [0.2, 0.25) is 0 Å². The minimum atomic E-state index is 0.702. The molecule has 3 aromatic rings. The summed E-state index contributed by atoms with van der Waals surface area (Å²) in [6.45, 7) is 13.3. The zero-order valence-electron chi connectivity index (χ0n) is 16.5. The lowest BCUT2D eigenvalue weighted by atomic mass is 9.91. The van der Waals surface area contributed by atoms with Gasteiger partial charge in [0.15, 0.2) is 5.65 Å². The molecule has 0 spiro atoms. The van der Waals surface area contributed by atoms with Crippen LogP contribution >= 0.6 is 0 Å². The SMILES string of the molecule is Cc1cccc(-c2cc3nc(C)c(C)c(N4CC(C)CC(C)C4)n3n2)c1. The second-order valence-electron chi connectivity index (χ2n) is 8.17. The molecule has 4 rings (SSSR count). The van der Waals surface area contributed by atoms with Crippen LogP contribution < -0.4 is 4.90 Å². The number of aromatic nitrogens is 3. The molecule has 1 saturated heterocycles. The molecule has 4 heteroatoms. The normalized spacial score (nSPS) is 20.7. The smallest absolute Gasteiger partial charge is 0.158 e. The van der Waals surface area contributed by atoms with Gasteiger partial charge in [-0.2, -0.15) is 9.61 Å². The first-order valence-corrected chi connectivity index (χ1v) is 9.61. The average Bonchev–Trinajstić information content (AvgIpc) is 2.98. The fraction of sp³-hybridized carbons (Fsp3) is 0.455. The van der Waals surface area contributed by atoms with Crippen molar-refractivity contribution in [2.75, 3.05) is 18.0 Å². The van der Waals surface area contributed by atoms with Gasteiger partial charge in [0.05, 0.1) is 5.69 Å². The molecule has 3 heterocycles. The summed E-state index contributed by atoms with van der Waals surface area (Å²) in [5, 5.41) is 4.96. The molecule has 2 unspecified atom stereocenters. The Balaban J connectivity index is 1.87. The third kappa shape index (κ3) is 2.98. The number of benzene rings is 1. The van der Waals surface area contributed by atoms with E-state index in [4.69, 9.17) is 10.1 Å². The van der Waals surface area contributed by atoms with Gasteiger partial charge in [-0.3, -0.25) is 0 Å². The third-order valence-electron chi connectivity index (χ3n) is 5.53. The number of aryl methyl sites for hydroxylation is 2. The number of anilines is 1. The highest BCUT2D eigenvalue weighted by Gasteiger charge is 2.26. The highest BCUT2D eigenvalue weighted by atomic mass is 15.4. The zero-order chi connectivity index (χ0) is 18.4. The van der Waals surface area contributed by atoms with Crippen molar-refractivity contribution in [2.45, 2.75) is 41.0 Å². The molecule has 0 bridgehead atoms. The molecule has 26 heavy (non-hydrogen) atoms. The standard InChI is InChI=1S/C22H28N4/c1-14-7-6-8-19(10-14)20-11-21-23-18(5)17(4)22(26(21)24-20)25-12-15(2)9-16(3)13-25/h6-8,10-11,15-16H,9,12-13H2,1-5H3. The van der Waals surface area contributed by atoms with Crippen molar-refractivity contribution in [3.63, 3.8) is 0 Å². The maximum Gasteiger partial charge on any atom is 0.158 e. The van der Waals surface area contributed by atoms with E-state index in [1.54, 1.807) is 0 Å². The second-order valence-corrected chi connectivity index (χ2v) is 8.17. The van der Waals surface area contributed by atoms with Gasteiger partial charge in [-0.15, -0.1) is 0 Å². The van der Waals surface area contributed by atoms with Gasteiger partial charge in [0.25, 0.3) is 0 Å². The van der Waals surface area contributed by atoms with E-state index in [2.05, 4.69) is 74.4 Å². The molecular weight excluding hydrogens is 320 g/mol. The molecule has 1 fully saturated rings. The summed E-state index contributed by atoms with van der Waals surface area (Å²) in [5.74, 6) is 2.62. The lowest BCUT2D eigenvalue weighted by molar-refractivity contribution is 0.354. The maximum atomic E-state index is 4.96. The number of nitrogens with zero attached hydrogens (tertiary/aromatic N) is 4. The Morgan fingerprint density at radius 3 is 2.42 bits per heavy atom. The summed E-state index contributed by atoms with van der Waals surface area (Å²) in [7, 11) is 0. The van der Waals surface area contributed by atoms with Crippen LogP contribution in [0.15, 0.2) is 30.3 Å². The van der Waals surface area contributed by atoms with Crippen LogP contribution in [0, 0.1) is 32.6 Å². The van der Waals surface area contributed by atoms with Gasteiger partial charge in [-0.05, 0) is 45.1 Å². The van der Waals surface area contributed by atoms with Crippen LogP contribution in [0.25, 0.3) is 16.9 Å². The first-order valence-electron chi connectivity index (χ1n) is 9.61. The Kier molecular flexibility index (Phi) is 4.22. The molecular formula is C22H28N4. The lowest BCUT2D eigenvalue weighted by Gasteiger charge is -2.37. The predicted molar refractivity (Wildman–Crippen MR) is 108 cm³/mol. The molecule has 0 amide bonds. The molecule has 2 aromatic heterocycles. The van der Waals surface area contributed by atoms with Crippen LogP contribution in [0.1, 0.15) is 37.1 Å². The van der Waals surface area contributed by atoms with Crippen molar-refractivity contribution in [2.24, 2.45) is 11.8 Å². The third-order valence-corrected chi connectivity index (χ3v) is 5.53. The highest BCUT2D eigenvalue weighted by Crippen LogP contribution is 2.31. The molecule has 1 aliphatic rings. The summed E-state index contributed by atoms with van der Waals surface area (Å²) >= 11 is 0. The quantitative estimate of drug-likeness (QED) is 0.667. The molecule has 1 aliphatic heterocycles. The molecule has 0 aliphatic carbocycles. The van der Waals surface area contributed by atoms with E-state index in [1.807, 2.05) is 0 Å². The van der Waals surface area contributed by atoms with Crippen molar-refractivity contribution < 1.29 is 0 Å². The van der Waals surface area contributed by atoms with Crippen molar-refractivity contribution in [1.82, 2.24) is 14.6 Å². The fourth-order valence-electron chi connectivity index (χ4n) is 4.34. The van der Waals surface area contributed by atoms with Crippen molar-refractivity contribution >= 4 is 11.5 Å². The Morgan fingerprint density at radius 2 is 1.73 bits per heavy atom. The van der Waals surface area contributed by atoms with Gasteiger partial charge >= 0.3 is 0 Å². The number of fused-ring (bicyclic) bond motifs is 1. The minimum absolute atomic E-state index is 0.702. The topological polar surface area (TPSA) is 33.4 Å². The van der Waals surface area contributed by atoms with E-state index in [1.165, 1.54) is 23.4 Å². The predicted octanol–water partition coefficient (Wildman–Crippen LogP) is 4.80. The van der Waals surface area contributed by atoms with Gasteiger partial charge < -0.3 is 4.90 Å². The Labute approximate surface area is 155 Å². The summed E-state index contributed by atoms with van der Waals surface area (Å²) in [4.78, 5) is 7.33. The van der Waals surface area contributed by atoms with Gasteiger partial charge in [-0.25, -0.2) is 4.98 Å². The van der Waals surface area contributed by atoms with Crippen LogP contribution in [0.5, 0.6) is 0 Å². The molecule has 0 saturated carbocycles. The lowest BCUT2D eigenvalue weighted by Crippen LogP contribution is -2.40. The van der Waals surface area contributed by atoms with E-state index < -0.39 is 0 Å². The van der Waals surface area contributed by atoms with Gasteiger partial charge in [0.1, 0.15) is 5.82 Å². The molecule has 0 N–H and O–H groups in total. The van der Waals surface area contributed by atoms with Crippen LogP contribution in [0.4, 0.5) is 5.82 Å². The zero-order valence-corrected chi connectivity index (χ0v) is 16.5. The molecule has 0 radical (unpaired) electrons. The minimum Gasteiger partial charge on any atom is -0.356 e. The first-order chi connectivity index (χ1) is 12.4. The summed E-state index contributed by atoms with van der Waals surface area (Å²) in [5.41, 5.74) is 6.65. The first kappa shape index (κ1) is 17.1. The second kappa shape index (κ2) is 6.42. The molecule has 1 aromatic carbocycles. The van der Waals surface area contributed by atoms with Crippen molar-refractivity contribution in [3.05, 3.63) is 47.2 Å². The van der Waals surface area contributed by atoms with E-state index in [0.717, 1.165) is 35.7 Å². The number of hydrogen-bond donors (Lipinski definition) is 0. The summed E-state index contributed by atoms with van der Waals surface area (Å²) < 4.78 is 2.06.